The summed E-state index contributed by atoms with van der Waals surface area (Å²) in [5.74, 6) is -0.0939. The van der Waals surface area contributed by atoms with Crippen LogP contribution in [0, 0.1) is 5.41 Å². The lowest BCUT2D eigenvalue weighted by atomic mass is 10.0. The van der Waals surface area contributed by atoms with E-state index in [1.54, 1.807) is 0 Å². The molecule has 0 saturated heterocycles. The normalized spacial score (nSPS) is 10.4. The van der Waals surface area contributed by atoms with Gasteiger partial charge in [0, 0.05) is 6.42 Å². The molecule has 0 spiro atoms. The molecule has 0 aliphatic heterocycles. The fourth-order valence-electron chi connectivity index (χ4n) is 1.85. The molecule has 0 saturated carbocycles. The van der Waals surface area contributed by atoms with E-state index in [0.29, 0.717) is 6.42 Å². The van der Waals surface area contributed by atoms with E-state index in [1.165, 1.54) is 0 Å². The van der Waals surface area contributed by atoms with E-state index in [0.717, 1.165) is 16.3 Å². The summed E-state index contributed by atoms with van der Waals surface area (Å²) >= 11 is 0. The number of carbonyl (C=O) groups is 1. The quantitative estimate of drug-likeness (QED) is 0.620. The highest BCUT2D eigenvalue weighted by Crippen LogP contribution is 2.16. The van der Waals surface area contributed by atoms with E-state index in [2.05, 4.69) is 0 Å². The van der Waals surface area contributed by atoms with Gasteiger partial charge in [0.1, 0.15) is 5.78 Å². The maximum Gasteiger partial charge on any atom is 0.144 e. The minimum atomic E-state index is -0.0733. The molecule has 3 N–H and O–H groups in total. The van der Waals surface area contributed by atoms with Gasteiger partial charge in [0.05, 0.1) is 12.3 Å². The molecule has 0 bridgehead atoms. The molecule has 0 heterocycles. The maximum absolute atomic E-state index is 11.5. The first-order valence-corrected chi connectivity index (χ1v) is 5.47. The fraction of sp³-hybridized carbons (Fsp3) is 0.143. The smallest absolute Gasteiger partial charge is 0.144 e. The van der Waals surface area contributed by atoms with Gasteiger partial charge < -0.3 is 5.73 Å². The van der Waals surface area contributed by atoms with Crippen LogP contribution < -0.4 is 5.73 Å². The van der Waals surface area contributed by atoms with Crippen molar-refractivity contribution in [1.82, 2.24) is 0 Å². The third-order valence-electron chi connectivity index (χ3n) is 2.60. The molecule has 0 amide bonds. The predicted molar refractivity (Wildman–Crippen MR) is 69.2 cm³/mol. The van der Waals surface area contributed by atoms with Crippen LogP contribution in [-0.2, 0) is 11.2 Å². The lowest BCUT2D eigenvalue weighted by Gasteiger charge is -2.03. The summed E-state index contributed by atoms with van der Waals surface area (Å²) in [6.07, 6.45) is 0.372. The van der Waals surface area contributed by atoms with Crippen LogP contribution in [0.3, 0.4) is 0 Å². The van der Waals surface area contributed by atoms with Crippen LogP contribution in [0.1, 0.15) is 12.0 Å². The van der Waals surface area contributed by atoms with Crippen LogP contribution in [0.25, 0.3) is 10.8 Å². The van der Waals surface area contributed by atoms with Crippen molar-refractivity contribution in [1.29, 1.82) is 5.41 Å². The van der Waals surface area contributed by atoms with Gasteiger partial charge in [-0.1, -0.05) is 42.5 Å². The van der Waals surface area contributed by atoms with Crippen molar-refractivity contribution in [2.75, 3.05) is 0 Å². The van der Waals surface area contributed by atoms with Gasteiger partial charge in [-0.05, 0) is 16.3 Å². The molecule has 3 nitrogen and oxygen atoms in total. The van der Waals surface area contributed by atoms with Gasteiger partial charge in [-0.3, -0.25) is 10.2 Å². The highest BCUT2D eigenvalue weighted by Gasteiger charge is 2.05. The van der Waals surface area contributed by atoms with Gasteiger partial charge in [0.2, 0.25) is 0 Å². The van der Waals surface area contributed by atoms with Crippen LogP contribution in [0.15, 0.2) is 42.5 Å². The Kier molecular flexibility index (Phi) is 3.19. The molecule has 0 atom stereocenters. The third kappa shape index (κ3) is 2.91. The van der Waals surface area contributed by atoms with E-state index < -0.39 is 0 Å². The van der Waals surface area contributed by atoms with Crippen molar-refractivity contribution in [2.24, 2.45) is 5.73 Å². The summed E-state index contributed by atoms with van der Waals surface area (Å²) in [6.45, 7) is 0. The molecule has 2 rings (SSSR count). The SMILES string of the molecule is N=C(N)CC(=O)Cc1ccc2ccccc2c1. The number of ketones is 1. The Bertz CT molecular complexity index is 575. The number of carbonyl (C=O) groups excluding carboxylic acids is 1. The zero-order valence-corrected chi connectivity index (χ0v) is 9.44. The summed E-state index contributed by atoms with van der Waals surface area (Å²) in [4.78, 5) is 11.5. The molecule has 0 aliphatic rings. The zero-order chi connectivity index (χ0) is 12.3. The molecule has 0 aromatic heterocycles. The van der Waals surface area contributed by atoms with Gasteiger partial charge in [-0.15, -0.1) is 0 Å². The van der Waals surface area contributed by atoms with E-state index in [4.69, 9.17) is 11.1 Å². The maximum atomic E-state index is 11.5. The number of nitrogens with one attached hydrogen (secondary N) is 1. The standard InChI is InChI=1S/C14H14N2O/c15-14(16)9-13(17)8-10-5-6-11-3-1-2-4-12(11)7-10/h1-7H,8-9H2,(H3,15,16). The summed E-state index contributed by atoms with van der Waals surface area (Å²) in [7, 11) is 0. The molecule has 0 aliphatic carbocycles. The third-order valence-corrected chi connectivity index (χ3v) is 2.60. The zero-order valence-electron chi connectivity index (χ0n) is 9.44. The van der Waals surface area contributed by atoms with Crippen LogP contribution in [-0.4, -0.2) is 11.6 Å². The Morgan fingerprint density at radius 3 is 2.53 bits per heavy atom. The number of hydrogen-bond donors (Lipinski definition) is 2. The highest BCUT2D eigenvalue weighted by molar-refractivity contribution is 5.99. The first-order valence-electron chi connectivity index (χ1n) is 5.47. The molecule has 17 heavy (non-hydrogen) atoms. The van der Waals surface area contributed by atoms with E-state index in [9.17, 15) is 4.79 Å². The Morgan fingerprint density at radius 1 is 1.12 bits per heavy atom. The molecule has 2 aromatic rings. The molecule has 0 radical (unpaired) electrons. The Balaban J connectivity index is 2.19. The molecule has 0 unspecified atom stereocenters. The number of hydrogen-bond acceptors (Lipinski definition) is 2. The topological polar surface area (TPSA) is 66.9 Å². The Labute approximate surface area is 99.8 Å². The van der Waals surface area contributed by atoms with Crippen molar-refractivity contribution >= 4 is 22.4 Å². The highest BCUT2D eigenvalue weighted by atomic mass is 16.1. The fourth-order valence-corrected chi connectivity index (χ4v) is 1.85. The van der Waals surface area contributed by atoms with Crippen molar-refractivity contribution in [3.63, 3.8) is 0 Å². The van der Waals surface area contributed by atoms with Crippen LogP contribution in [0.2, 0.25) is 0 Å². The van der Waals surface area contributed by atoms with E-state index in [1.807, 2.05) is 42.5 Å². The molecule has 0 fully saturated rings. The van der Waals surface area contributed by atoms with Gasteiger partial charge in [-0.25, -0.2) is 0 Å². The van der Waals surface area contributed by atoms with Crippen LogP contribution in [0.4, 0.5) is 0 Å². The summed E-state index contributed by atoms with van der Waals surface area (Å²) in [5, 5.41) is 9.37. The summed E-state index contributed by atoms with van der Waals surface area (Å²) < 4.78 is 0. The van der Waals surface area contributed by atoms with E-state index >= 15 is 0 Å². The number of amidine groups is 1. The number of rotatable bonds is 4. The number of fused-ring (bicyclic) bond motifs is 1. The van der Waals surface area contributed by atoms with Crippen molar-refractivity contribution < 1.29 is 4.79 Å². The van der Waals surface area contributed by atoms with Gasteiger partial charge >= 0.3 is 0 Å². The lowest BCUT2D eigenvalue weighted by molar-refractivity contribution is -0.117. The predicted octanol–water partition coefficient (Wildman–Crippen LogP) is 2.28. The molecule has 3 heteroatoms. The second kappa shape index (κ2) is 4.78. The van der Waals surface area contributed by atoms with Gasteiger partial charge in [-0.2, -0.15) is 0 Å². The first kappa shape index (κ1) is 11.3. The average molecular weight is 226 g/mol. The van der Waals surface area contributed by atoms with Crippen molar-refractivity contribution in [3.8, 4) is 0 Å². The number of nitrogens with two attached hydrogens (primary N) is 1. The van der Waals surface area contributed by atoms with E-state index in [-0.39, 0.29) is 18.0 Å². The number of Topliss-reactive ketones (excluding diaryl/α,β-unsaturated/α-hetero) is 1. The minimum Gasteiger partial charge on any atom is -0.387 e. The van der Waals surface area contributed by atoms with Crippen LogP contribution >= 0.6 is 0 Å². The van der Waals surface area contributed by atoms with Crippen molar-refractivity contribution in [3.05, 3.63) is 48.0 Å². The first-order chi connectivity index (χ1) is 8.15. The second-order valence-electron chi connectivity index (χ2n) is 4.10. The molecular weight excluding hydrogens is 212 g/mol. The largest absolute Gasteiger partial charge is 0.387 e. The average Bonchev–Trinajstić information content (AvgIpc) is 2.27. The Hall–Kier alpha value is -2.16. The lowest BCUT2D eigenvalue weighted by Crippen LogP contribution is -2.16. The van der Waals surface area contributed by atoms with Crippen LogP contribution in [0.5, 0.6) is 0 Å². The number of benzene rings is 2. The monoisotopic (exact) mass is 226 g/mol. The summed E-state index contributed by atoms with van der Waals surface area (Å²) in [5.41, 5.74) is 6.17. The van der Waals surface area contributed by atoms with Crippen molar-refractivity contribution in [2.45, 2.75) is 12.8 Å². The molecule has 86 valence electrons. The molecule has 2 aromatic carbocycles. The second-order valence-corrected chi connectivity index (χ2v) is 4.10. The molecular formula is C14H14N2O. The minimum absolute atomic E-state index is 0.0206. The van der Waals surface area contributed by atoms with Gasteiger partial charge in [0.15, 0.2) is 0 Å². The summed E-state index contributed by atoms with van der Waals surface area (Å²) in [6, 6.07) is 14.0. The van der Waals surface area contributed by atoms with Gasteiger partial charge in [0.25, 0.3) is 0 Å². The Morgan fingerprint density at radius 2 is 1.82 bits per heavy atom.